The minimum absolute atomic E-state index is 0.462. The van der Waals surface area contributed by atoms with Gasteiger partial charge in [-0.25, -0.2) is 0 Å². The van der Waals surface area contributed by atoms with Gasteiger partial charge in [0.2, 0.25) is 0 Å². The Morgan fingerprint density at radius 2 is 1.74 bits per heavy atom. The SMILES string of the molecule is CC1CC(C)CC(OCC(CBr)c2ccccc2)C1. The van der Waals surface area contributed by atoms with E-state index in [1.807, 2.05) is 0 Å². The van der Waals surface area contributed by atoms with E-state index in [2.05, 4.69) is 60.1 Å². The summed E-state index contributed by atoms with van der Waals surface area (Å²) in [5.41, 5.74) is 1.37. The van der Waals surface area contributed by atoms with Gasteiger partial charge in [0, 0.05) is 11.2 Å². The van der Waals surface area contributed by atoms with Crippen LogP contribution >= 0.6 is 15.9 Å². The molecule has 0 spiro atoms. The summed E-state index contributed by atoms with van der Waals surface area (Å²) < 4.78 is 6.20. The number of alkyl halides is 1. The second-order valence-corrected chi connectivity index (χ2v) is 6.78. The standard InChI is InChI=1S/C17H25BrO/c1-13-8-14(2)10-17(9-13)19-12-16(11-18)15-6-4-3-5-7-15/h3-7,13-14,16-17H,8-12H2,1-2H3. The average molecular weight is 325 g/mol. The van der Waals surface area contributed by atoms with E-state index in [4.69, 9.17) is 4.74 Å². The molecule has 1 aliphatic carbocycles. The fraction of sp³-hybridized carbons (Fsp3) is 0.647. The third-order valence-corrected chi connectivity index (χ3v) is 4.91. The van der Waals surface area contributed by atoms with Crippen molar-refractivity contribution in [2.45, 2.75) is 45.1 Å². The molecular formula is C17H25BrO. The van der Waals surface area contributed by atoms with Crippen LogP contribution in [-0.4, -0.2) is 18.0 Å². The van der Waals surface area contributed by atoms with Gasteiger partial charge in [-0.2, -0.15) is 0 Å². The molecule has 1 aromatic rings. The van der Waals surface area contributed by atoms with Crippen molar-refractivity contribution in [3.05, 3.63) is 35.9 Å². The topological polar surface area (TPSA) is 9.23 Å². The molecule has 19 heavy (non-hydrogen) atoms. The Morgan fingerprint density at radius 3 is 2.32 bits per heavy atom. The molecule has 106 valence electrons. The Bertz CT molecular complexity index is 355. The molecule has 0 saturated heterocycles. The first-order chi connectivity index (χ1) is 9.19. The van der Waals surface area contributed by atoms with Crippen LogP contribution < -0.4 is 0 Å². The van der Waals surface area contributed by atoms with Crippen LogP contribution in [0.1, 0.15) is 44.6 Å². The summed E-state index contributed by atoms with van der Waals surface area (Å²) in [6.07, 6.45) is 4.28. The molecule has 1 saturated carbocycles. The lowest BCUT2D eigenvalue weighted by molar-refractivity contribution is -0.00359. The molecule has 1 aromatic carbocycles. The van der Waals surface area contributed by atoms with Gasteiger partial charge in [-0.1, -0.05) is 60.1 Å². The van der Waals surface area contributed by atoms with Crippen molar-refractivity contribution in [2.75, 3.05) is 11.9 Å². The number of halogens is 1. The van der Waals surface area contributed by atoms with Crippen molar-refractivity contribution in [3.63, 3.8) is 0 Å². The molecule has 0 aromatic heterocycles. The Kier molecular flexibility index (Phi) is 5.90. The highest BCUT2D eigenvalue weighted by Crippen LogP contribution is 2.31. The second-order valence-electron chi connectivity index (χ2n) is 6.13. The van der Waals surface area contributed by atoms with Crippen molar-refractivity contribution >= 4 is 15.9 Å². The second kappa shape index (κ2) is 7.44. The molecule has 3 atom stereocenters. The first-order valence-corrected chi connectivity index (χ1v) is 8.53. The van der Waals surface area contributed by atoms with Gasteiger partial charge in [-0.05, 0) is 36.7 Å². The highest BCUT2D eigenvalue weighted by atomic mass is 79.9. The van der Waals surface area contributed by atoms with E-state index >= 15 is 0 Å². The van der Waals surface area contributed by atoms with Crippen LogP contribution in [0.4, 0.5) is 0 Å². The molecule has 0 radical (unpaired) electrons. The smallest absolute Gasteiger partial charge is 0.0580 e. The van der Waals surface area contributed by atoms with Crippen LogP contribution in [0.2, 0.25) is 0 Å². The van der Waals surface area contributed by atoms with E-state index < -0.39 is 0 Å². The first-order valence-electron chi connectivity index (χ1n) is 7.41. The van der Waals surface area contributed by atoms with E-state index in [0.717, 1.165) is 23.8 Å². The van der Waals surface area contributed by atoms with Crippen LogP contribution in [0, 0.1) is 11.8 Å². The van der Waals surface area contributed by atoms with Gasteiger partial charge < -0.3 is 4.74 Å². The molecule has 2 heteroatoms. The zero-order valence-electron chi connectivity index (χ0n) is 12.0. The summed E-state index contributed by atoms with van der Waals surface area (Å²) in [7, 11) is 0. The van der Waals surface area contributed by atoms with E-state index in [-0.39, 0.29) is 0 Å². The first kappa shape index (κ1) is 15.1. The minimum atomic E-state index is 0.462. The Balaban J connectivity index is 1.86. The highest BCUT2D eigenvalue weighted by Gasteiger charge is 2.25. The van der Waals surface area contributed by atoms with Crippen LogP contribution in [0.5, 0.6) is 0 Å². The summed E-state index contributed by atoms with van der Waals surface area (Å²) >= 11 is 3.62. The molecular weight excluding hydrogens is 300 g/mol. The minimum Gasteiger partial charge on any atom is -0.378 e. The molecule has 3 unspecified atom stereocenters. The Hall–Kier alpha value is -0.340. The van der Waals surface area contributed by atoms with E-state index in [1.165, 1.54) is 24.8 Å². The maximum Gasteiger partial charge on any atom is 0.0580 e. The Morgan fingerprint density at radius 1 is 1.11 bits per heavy atom. The lowest BCUT2D eigenvalue weighted by atomic mass is 9.82. The maximum atomic E-state index is 6.20. The number of ether oxygens (including phenoxy) is 1. The highest BCUT2D eigenvalue weighted by molar-refractivity contribution is 9.09. The maximum absolute atomic E-state index is 6.20. The van der Waals surface area contributed by atoms with Crippen LogP contribution in [0.15, 0.2) is 30.3 Å². The number of hydrogen-bond donors (Lipinski definition) is 0. The van der Waals surface area contributed by atoms with Crippen molar-refractivity contribution < 1.29 is 4.74 Å². The molecule has 1 nitrogen and oxygen atoms in total. The number of rotatable bonds is 5. The summed E-state index contributed by atoms with van der Waals surface area (Å²) in [5, 5.41) is 0.967. The quantitative estimate of drug-likeness (QED) is 0.692. The molecule has 0 aliphatic heterocycles. The lowest BCUT2D eigenvalue weighted by Gasteiger charge is -2.32. The number of hydrogen-bond acceptors (Lipinski definition) is 1. The van der Waals surface area contributed by atoms with E-state index in [0.29, 0.717) is 12.0 Å². The van der Waals surface area contributed by atoms with Gasteiger partial charge in [0.1, 0.15) is 0 Å². The van der Waals surface area contributed by atoms with Crippen molar-refractivity contribution in [1.29, 1.82) is 0 Å². The molecule has 1 fully saturated rings. The van der Waals surface area contributed by atoms with E-state index in [1.54, 1.807) is 0 Å². The Labute approximate surface area is 125 Å². The summed E-state index contributed by atoms with van der Waals surface area (Å²) in [6, 6.07) is 10.7. The summed E-state index contributed by atoms with van der Waals surface area (Å²) in [6.45, 7) is 5.54. The van der Waals surface area contributed by atoms with Gasteiger partial charge in [-0.3, -0.25) is 0 Å². The molecule has 1 aliphatic rings. The van der Waals surface area contributed by atoms with Gasteiger partial charge in [-0.15, -0.1) is 0 Å². The average Bonchev–Trinajstić information content (AvgIpc) is 2.39. The molecule has 0 amide bonds. The largest absolute Gasteiger partial charge is 0.378 e. The zero-order valence-corrected chi connectivity index (χ0v) is 13.6. The van der Waals surface area contributed by atoms with E-state index in [9.17, 15) is 0 Å². The predicted octanol–water partition coefficient (Wildman–Crippen LogP) is 5.01. The molecule has 2 rings (SSSR count). The fourth-order valence-electron chi connectivity index (χ4n) is 3.22. The van der Waals surface area contributed by atoms with Crippen molar-refractivity contribution in [3.8, 4) is 0 Å². The third-order valence-electron chi connectivity index (χ3n) is 4.13. The molecule has 0 bridgehead atoms. The van der Waals surface area contributed by atoms with Crippen LogP contribution in [-0.2, 0) is 4.74 Å². The third kappa shape index (κ3) is 4.61. The van der Waals surface area contributed by atoms with Gasteiger partial charge in [0.15, 0.2) is 0 Å². The van der Waals surface area contributed by atoms with Crippen LogP contribution in [0.25, 0.3) is 0 Å². The molecule has 0 heterocycles. The van der Waals surface area contributed by atoms with Crippen LogP contribution in [0.3, 0.4) is 0 Å². The monoisotopic (exact) mass is 324 g/mol. The molecule has 0 N–H and O–H groups in total. The van der Waals surface area contributed by atoms with Crippen molar-refractivity contribution in [1.82, 2.24) is 0 Å². The van der Waals surface area contributed by atoms with Crippen molar-refractivity contribution in [2.24, 2.45) is 11.8 Å². The van der Waals surface area contributed by atoms with Gasteiger partial charge in [0.05, 0.1) is 12.7 Å². The van der Waals surface area contributed by atoms with Gasteiger partial charge >= 0.3 is 0 Å². The zero-order chi connectivity index (χ0) is 13.7. The summed E-state index contributed by atoms with van der Waals surface area (Å²) in [4.78, 5) is 0. The van der Waals surface area contributed by atoms with Gasteiger partial charge in [0.25, 0.3) is 0 Å². The normalized spacial score (nSPS) is 29.1. The predicted molar refractivity (Wildman–Crippen MR) is 84.9 cm³/mol. The number of benzene rings is 1. The summed E-state index contributed by atoms with van der Waals surface area (Å²) in [5.74, 6) is 2.09. The lowest BCUT2D eigenvalue weighted by Crippen LogP contribution is -2.28. The fourth-order valence-corrected chi connectivity index (χ4v) is 3.78.